The first-order chi connectivity index (χ1) is 12.1. The Bertz CT molecular complexity index is 622. The molecule has 1 aromatic rings. The number of amides is 3. The van der Waals surface area contributed by atoms with Crippen LogP contribution in [0.4, 0.5) is 0 Å². The second kappa shape index (κ2) is 7.68. The molecule has 2 atom stereocenters. The van der Waals surface area contributed by atoms with Crippen molar-refractivity contribution < 1.29 is 19.1 Å². The summed E-state index contributed by atoms with van der Waals surface area (Å²) in [5, 5.41) is 0. The predicted octanol–water partition coefficient (Wildman–Crippen LogP) is 1.70. The van der Waals surface area contributed by atoms with E-state index in [1.165, 1.54) is 4.90 Å². The minimum Gasteiger partial charge on any atom is -0.492 e. The molecule has 25 heavy (non-hydrogen) atoms. The second-order valence-corrected chi connectivity index (χ2v) is 6.74. The van der Waals surface area contributed by atoms with Gasteiger partial charge in [-0.1, -0.05) is 31.0 Å². The quantitative estimate of drug-likeness (QED) is 0.737. The molecule has 1 aromatic carbocycles. The van der Waals surface area contributed by atoms with Crippen LogP contribution in [0.2, 0.25) is 0 Å². The Hall–Kier alpha value is -2.37. The van der Waals surface area contributed by atoms with Crippen LogP contribution in [0.25, 0.3) is 0 Å². The average molecular weight is 344 g/mol. The maximum absolute atomic E-state index is 12.4. The number of nitrogens with zero attached hydrogens (tertiary/aromatic N) is 2. The molecule has 6 heteroatoms. The number of rotatable bonds is 6. The normalized spacial score (nSPS) is 22.7. The summed E-state index contributed by atoms with van der Waals surface area (Å²) >= 11 is 0. The molecule has 2 aliphatic rings. The van der Waals surface area contributed by atoms with Gasteiger partial charge in [0.05, 0.1) is 18.4 Å². The lowest BCUT2D eigenvalue weighted by Crippen LogP contribution is -2.42. The molecule has 3 amide bonds. The predicted molar refractivity (Wildman–Crippen MR) is 91.7 cm³/mol. The van der Waals surface area contributed by atoms with E-state index in [0.29, 0.717) is 13.2 Å². The van der Waals surface area contributed by atoms with E-state index in [9.17, 15) is 14.4 Å². The molecule has 6 nitrogen and oxygen atoms in total. The van der Waals surface area contributed by atoms with E-state index in [4.69, 9.17) is 4.74 Å². The third-order valence-corrected chi connectivity index (χ3v) is 5.09. The Morgan fingerprint density at radius 3 is 2.32 bits per heavy atom. The molecule has 1 saturated carbocycles. The van der Waals surface area contributed by atoms with Crippen molar-refractivity contribution in [1.29, 1.82) is 0 Å². The zero-order chi connectivity index (χ0) is 17.8. The molecule has 0 spiro atoms. The Kier molecular flexibility index (Phi) is 5.36. The third kappa shape index (κ3) is 3.83. The first-order valence-corrected chi connectivity index (χ1v) is 8.85. The SMILES string of the molecule is CN(CCOc1ccccc1)C(=O)CN1C(=O)C2CCCCC2C1=O. The molecule has 0 aromatic heterocycles. The topological polar surface area (TPSA) is 66.9 Å². The van der Waals surface area contributed by atoms with Crippen LogP contribution in [0.15, 0.2) is 30.3 Å². The summed E-state index contributed by atoms with van der Waals surface area (Å²) in [5.41, 5.74) is 0. The van der Waals surface area contributed by atoms with Crippen LogP contribution in [0.3, 0.4) is 0 Å². The van der Waals surface area contributed by atoms with Crippen molar-refractivity contribution >= 4 is 17.7 Å². The number of para-hydroxylation sites is 1. The second-order valence-electron chi connectivity index (χ2n) is 6.74. The number of carbonyl (C=O) groups excluding carboxylic acids is 3. The summed E-state index contributed by atoms with van der Waals surface area (Å²) in [5.74, 6) is -0.246. The first-order valence-electron chi connectivity index (χ1n) is 8.85. The van der Waals surface area contributed by atoms with E-state index in [1.54, 1.807) is 7.05 Å². The summed E-state index contributed by atoms with van der Waals surface area (Å²) in [6.07, 6.45) is 3.50. The molecule has 3 rings (SSSR count). The van der Waals surface area contributed by atoms with E-state index in [0.717, 1.165) is 36.3 Å². The number of likely N-dealkylation sites (tertiary alicyclic amines) is 1. The standard InChI is InChI=1S/C19H24N2O4/c1-20(11-12-25-14-7-3-2-4-8-14)17(22)13-21-18(23)15-9-5-6-10-16(15)19(21)24/h2-4,7-8,15-16H,5-6,9-13H2,1H3. The number of fused-ring (bicyclic) bond motifs is 1. The van der Waals surface area contributed by atoms with Gasteiger partial charge >= 0.3 is 0 Å². The first kappa shape index (κ1) is 17.5. The third-order valence-electron chi connectivity index (χ3n) is 5.09. The number of likely N-dealkylation sites (N-methyl/N-ethyl adjacent to an activating group) is 1. The van der Waals surface area contributed by atoms with Gasteiger partial charge in [0.25, 0.3) is 0 Å². The van der Waals surface area contributed by atoms with Crippen LogP contribution in [-0.2, 0) is 14.4 Å². The summed E-state index contributed by atoms with van der Waals surface area (Å²) in [6.45, 7) is 0.600. The van der Waals surface area contributed by atoms with Crippen LogP contribution in [0.5, 0.6) is 5.75 Å². The smallest absolute Gasteiger partial charge is 0.242 e. The minimum atomic E-state index is -0.239. The number of benzene rings is 1. The van der Waals surface area contributed by atoms with Gasteiger partial charge in [-0.15, -0.1) is 0 Å². The highest BCUT2D eigenvalue weighted by atomic mass is 16.5. The number of carbonyl (C=O) groups is 3. The highest BCUT2D eigenvalue weighted by Crippen LogP contribution is 2.37. The van der Waals surface area contributed by atoms with Crippen molar-refractivity contribution in [2.45, 2.75) is 25.7 Å². The minimum absolute atomic E-state index is 0.160. The number of hydrogen-bond acceptors (Lipinski definition) is 4. The monoisotopic (exact) mass is 344 g/mol. The van der Waals surface area contributed by atoms with Crippen molar-refractivity contribution in [2.75, 3.05) is 26.7 Å². The molecule has 1 heterocycles. The summed E-state index contributed by atoms with van der Waals surface area (Å²) in [6, 6.07) is 9.38. The maximum Gasteiger partial charge on any atom is 0.242 e. The Morgan fingerprint density at radius 1 is 1.12 bits per heavy atom. The molecule has 0 bridgehead atoms. The summed E-state index contributed by atoms with van der Waals surface area (Å²) in [7, 11) is 1.66. The maximum atomic E-state index is 12.4. The van der Waals surface area contributed by atoms with E-state index in [-0.39, 0.29) is 36.1 Å². The molecule has 2 fully saturated rings. The molecule has 1 aliphatic carbocycles. The van der Waals surface area contributed by atoms with E-state index in [1.807, 2.05) is 30.3 Å². The van der Waals surface area contributed by atoms with Gasteiger partial charge in [0.1, 0.15) is 18.9 Å². The van der Waals surface area contributed by atoms with Crippen molar-refractivity contribution in [3.05, 3.63) is 30.3 Å². The van der Waals surface area contributed by atoms with Crippen LogP contribution in [0, 0.1) is 11.8 Å². The fourth-order valence-corrected chi connectivity index (χ4v) is 3.58. The highest BCUT2D eigenvalue weighted by molar-refractivity contribution is 6.07. The zero-order valence-electron chi connectivity index (χ0n) is 14.5. The van der Waals surface area contributed by atoms with E-state index >= 15 is 0 Å². The lowest BCUT2D eigenvalue weighted by molar-refractivity contribution is -0.146. The molecule has 0 radical (unpaired) electrons. The van der Waals surface area contributed by atoms with Gasteiger partial charge in [-0.3, -0.25) is 19.3 Å². The van der Waals surface area contributed by atoms with E-state index < -0.39 is 0 Å². The fraction of sp³-hybridized carbons (Fsp3) is 0.526. The Balaban J connectivity index is 1.49. The highest BCUT2D eigenvalue weighted by Gasteiger charge is 2.48. The molecular formula is C19H24N2O4. The molecule has 134 valence electrons. The van der Waals surface area contributed by atoms with Crippen LogP contribution >= 0.6 is 0 Å². The molecule has 0 N–H and O–H groups in total. The molecule has 2 unspecified atom stereocenters. The van der Waals surface area contributed by atoms with Gasteiger partial charge in [0.15, 0.2) is 0 Å². The number of imide groups is 1. The largest absolute Gasteiger partial charge is 0.492 e. The van der Waals surface area contributed by atoms with Crippen LogP contribution in [0.1, 0.15) is 25.7 Å². The van der Waals surface area contributed by atoms with Gasteiger partial charge in [-0.2, -0.15) is 0 Å². The molecule has 1 saturated heterocycles. The molecule has 1 aliphatic heterocycles. The van der Waals surface area contributed by atoms with Gasteiger partial charge in [-0.25, -0.2) is 0 Å². The number of hydrogen-bond donors (Lipinski definition) is 0. The van der Waals surface area contributed by atoms with Gasteiger partial charge in [0.2, 0.25) is 17.7 Å². The lowest BCUT2D eigenvalue weighted by Gasteiger charge is -2.21. The Morgan fingerprint density at radius 2 is 1.72 bits per heavy atom. The number of ether oxygens (including phenoxy) is 1. The Labute approximate surface area is 147 Å². The lowest BCUT2D eigenvalue weighted by atomic mass is 9.81. The van der Waals surface area contributed by atoms with Crippen molar-refractivity contribution in [3.8, 4) is 5.75 Å². The van der Waals surface area contributed by atoms with Crippen molar-refractivity contribution in [1.82, 2.24) is 9.80 Å². The summed E-state index contributed by atoms with van der Waals surface area (Å²) < 4.78 is 5.57. The van der Waals surface area contributed by atoms with E-state index in [2.05, 4.69) is 0 Å². The van der Waals surface area contributed by atoms with Crippen molar-refractivity contribution in [3.63, 3.8) is 0 Å². The fourth-order valence-electron chi connectivity index (χ4n) is 3.58. The molecular weight excluding hydrogens is 320 g/mol. The average Bonchev–Trinajstić information content (AvgIpc) is 2.88. The zero-order valence-corrected chi connectivity index (χ0v) is 14.5. The van der Waals surface area contributed by atoms with Crippen LogP contribution in [-0.4, -0.2) is 54.3 Å². The van der Waals surface area contributed by atoms with Gasteiger partial charge < -0.3 is 9.64 Å². The van der Waals surface area contributed by atoms with Gasteiger partial charge in [-0.05, 0) is 25.0 Å². The van der Waals surface area contributed by atoms with Crippen LogP contribution < -0.4 is 4.74 Å². The van der Waals surface area contributed by atoms with Gasteiger partial charge in [0, 0.05) is 7.05 Å². The summed E-state index contributed by atoms with van der Waals surface area (Å²) in [4.78, 5) is 39.9. The van der Waals surface area contributed by atoms with Crippen molar-refractivity contribution in [2.24, 2.45) is 11.8 Å².